The van der Waals surface area contributed by atoms with E-state index >= 15 is 0 Å². The average Bonchev–Trinajstić information content (AvgIpc) is 2.39. The van der Waals surface area contributed by atoms with E-state index in [0.717, 1.165) is 23.4 Å². The van der Waals surface area contributed by atoms with Crippen molar-refractivity contribution >= 4 is 0 Å². The molecule has 1 aromatic carbocycles. The van der Waals surface area contributed by atoms with Crippen molar-refractivity contribution in [1.82, 2.24) is 9.97 Å². The molecule has 0 amide bonds. The van der Waals surface area contributed by atoms with Gasteiger partial charge in [0.2, 0.25) is 0 Å². The number of hydrogen-bond donors (Lipinski definition) is 1. The first-order valence-electron chi connectivity index (χ1n) is 6.49. The molecule has 4 nitrogen and oxygen atoms in total. The van der Waals surface area contributed by atoms with Crippen LogP contribution in [0.1, 0.15) is 19.5 Å². The van der Waals surface area contributed by atoms with Crippen LogP contribution in [0.15, 0.2) is 36.5 Å². The van der Waals surface area contributed by atoms with E-state index in [0.29, 0.717) is 12.4 Å². The average molecular weight is 257 g/mol. The molecule has 0 fully saturated rings. The van der Waals surface area contributed by atoms with E-state index in [1.807, 2.05) is 44.2 Å². The maximum atomic E-state index is 5.80. The van der Waals surface area contributed by atoms with E-state index in [4.69, 9.17) is 10.5 Å². The first-order chi connectivity index (χ1) is 9.19. The molecule has 1 aromatic heterocycles. The Morgan fingerprint density at radius 2 is 2.16 bits per heavy atom. The highest BCUT2D eigenvalue weighted by molar-refractivity contribution is 5.57. The van der Waals surface area contributed by atoms with Gasteiger partial charge in [0.05, 0.1) is 6.61 Å². The molecule has 2 N–H and O–H groups in total. The standard InChI is InChI=1S/C15H19N3O/c1-3-19-14-6-4-5-12(10-14)15-17-8-7-13(18-15)9-11(2)16/h4-8,10-11H,3,9,16H2,1-2H3. The van der Waals surface area contributed by atoms with E-state index in [-0.39, 0.29) is 6.04 Å². The van der Waals surface area contributed by atoms with E-state index < -0.39 is 0 Å². The predicted molar refractivity (Wildman–Crippen MR) is 76.0 cm³/mol. The molecular weight excluding hydrogens is 238 g/mol. The van der Waals surface area contributed by atoms with Crippen molar-refractivity contribution < 1.29 is 4.74 Å². The summed E-state index contributed by atoms with van der Waals surface area (Å²) in [7, 11) is 0. The third kappa shape index (κ3) is 3.76. The zero-order valence-electron chi connectivity index (χ0n) is 11.3. The van der Waals surface area contributed by atoms with Gasteiger partial charge in [-0.05, 0) is 32.0 Å². The topological polar surface area (TPSA) is 61.0 Å². The van der Waals surface area contributed by atoms with Crippen LogP contribution in [-0.4, -0.2) is 22.6 Å². The Morgan fingerprint density at radius 1 is 1.32 bits per heavy atom. The lowest BCUT2D eigenvalue weighted by atomic mass is 10.1. The Morgan fingerprint density at radius 3 is 2.89 bits per heavy atom. The summed E-state index contributed by atoms with van der Waals surface area (Å²) in [5.74, 6) is 1.54. The maximum Gasteiger partial charge on any atom is 0.159 e. The Bertz CT molecular complexity index is 540. The monoisotopic (exact) mass is 257 g/mol. The number of nitrogens with two attached hydrogens (primary N) is 1. The quantitative estimate of drug-likeness (QED) is 0.893. The molecule has 0 saturated carbocycles. The summed E-state index contributed by atoms with van der Waals surface area (Å²) in [6, 6.07) is 9.81. The van der Waals surface area contributed by atoms with Gasteiger partial charge in [-0.15, -0.1) is 0 Å². The van der Waals surface area contributed by atoms with Gasteiger partial charge in [0.15, 0.2) is 5.82 Å². The summed E-state index contributed by atoms with van der Waals surface area (Å²) in [6.45, 7) is 4.58. The van der Waals surface area contributed by atoms with Gasteiger partial charge in [0.1, 0.15) is 5.75 Å². The summed E-state index contributed by atoms with van der Waals surface area (Å²) in [5.41, 5.74) is 7.71. The molecular formula is C15H19N3O. The Hall–Kier alpha value is -1.94. The van der Waals surface area contributed by atoms with Crippen LogP contribution in [0.4, 0.5) is 0 Å². The highest BCUT2D eigenvalue weighted by atomic mass is 16.5. The zero-order valence-corrected chi connectivity index (χ0v) is 11.3. The van der Waals surface area contributed by atoms with Crippen LogP contribution in [0.25, 0.3) is 11.4 Å². The van der Waals surface area contributed by atoms with Gasteiger partial charge in [0.25, 0.3) is 0 Å². The molecule has 1 unspecified atom stereocenters. The van der Waals surface area contributed by atoms with E-state index in [2.05, 4.69) is 9.97 Å². The fraction of sp³-hybridized carbons (Fsp3) is 0.333. The molecule has 0 aliphatic carbocycles. The maximum absolute atomic E-state index is 5.80. The first kappa shape index (κ1) is 13.5. The van der Waals surface area contributed by atoms with Crippen molar-refractivity contribution in [3.63, 3.8) is 0 Å². The van der Waals surface area contributed by atoms with Gasteiger partial charge >= 0.3 is 0 Å². The number of benzene rings is 1. The number of nitrogens with zero attached hydrogens (tertiary/aromatic N) is 2. The number of aromatic nitrogens is 2. The van der Waals surface area contributed by atoms with Crippen molar-refractivity contribution in [3.8, 4) is 17.1 Å². The molecule has 0 bridgehead atoms. The molecule has 2 rings (SSSR count). The molecule has 100 valence electrons. The molecule has 0 radical (unpaired) electrons. The van der Waals surface area contributed by atoms with Crippen molar-refractivity contribution in [1.29, 1.82) is 0 Å². The summed E-state index contributed by atoms with van der Waals surface area (Å²) in [6.07, 6.45) is 2.52. The lowest BCUT2D eigenvalue weighted by molar-refractivity contribution is 0.340. The van der Waals surface area contributed by atoms with Crippen LogP contribution in [-0.2, 0) is 6.42 Å². The summed E-state index contributed by atoms with van der Waals surface area (Å²) >= 11 is 0. The molecule has 4 heteroatoms. The summed E-state index contributed by atoms with van der Waals surface area (Å²) in [4.78, 5) is 8.85. The summed E-state index contributed by atoms with van der Waals surface area (Å²) < 4.78 is 5.49. The third-order valence-electron chi connectivity index (χ3n) is 2.65. The normalized spacial score (nSPS) is 12.2. The van der Waals surface area contributed by atoms with Crippen LogP contribution in [0.2, 0.25) is 0 Å². The van der Waals surface area contributed by atoms with Crippen LogP contribution in [0, 0.1) is 0 Å². The largest absolute Gasteiger partial charge is 0.494 e. The zero-order chi connectivity index (χ0) is 13.7. The smallest absolute Gasteiger partial charge is 0.159 e. The SMILES string of the molecule is CCOc1cccc(-c2nccc(CC(C)N)n2)c1. The van der Waals surface area contributed by atoms with Crippen molar-refractivity contribution in [3.05, 3.63) is 42.2 Å². The van der Waals surface area contributed by atoms with Crippen molar-refractivity contribution in [2.75, 3.05) is 6.61 Å². The van der Waals surface area contributed by atoms with Crippen molar-refractivity contribution in [2.45, 2.75) is 26.3 Å². The van der Waals surface area contributed by atoms with Gasteiger partial charge in [0, 0.05) is 29.9 Å². The van der Waals surface area contributed by atoms with Crippen LogP contribution in [0.3, 0.4) is 0 Å². The molecule has 1 heterocycles. The van der Waals surface area contributed by atoms with Gasteiger partial charge in [-0.1, -0.05) is 12.1 Å². The second kappa shape index (κ2) is 6.29. The lowest BCUT2D eigenvalue weighted by Crippen LogP contribution is -2.18. The third-order valence-corrected chi connectivity index (χ3v) is 2.65. The highest BCUT2D eigenvalue weighted by Crippen LogP contribution is 2.21. The van der Waals surface area contributed by atoms with Crippen LogP contribution < -0.4 is 10.5 Å². The van der Waals surface area contributed by atoms with Gasteiger partial charge in [-0.3, -0.25) is 0 Å². The Labute approximate surface area is 113 Å². The molecule has 1 atom stereocenters. The number of ether oxygens (including phenoxy) is 1. The molecule has 2 aromatic rings. The van der Waals surface area contributed by atoms with Gasteiger partial charge < -0.3 is 10.5 Å². The van der Waals surface area contributed by atoms with E-state index in [9.17, 15) is 0 Å². The van der Waals surface area contributed by atoms with E-state index in [1.165, 1.54) is 0 Å². The highest BCUT2D eigenvalue weighted by Gasteiger charge is 2.05. The molecule has 0 spiro atoms. The second-order valence-electron chi connectivity index (χ2n) is 4.51. The second-order valence-corrected chi connectivity index (χ2v) is 4.51. The van der Waals surface area contributed by atoms with Gasteiger partial charge in [-0.2, -0.15) is 0 Å². The first-order valence-corrected chi connectivity index (χ1v) is 6.49. The lowest BCUT2D eigenvalue weighted by Gasteiger charge is -2.08. The molecule has 0 aliphatic rings. The van der Waals surface area contributed by atoms with Gasteiger partial charge in [-0.25, -0.2) is 9.97 Å². The van der Waals surface area contributed by atoms with Crippen LogP contribution >= 0.6 is 0 Å². The molecule has 0 saturated heterocycles. The molecule has 19 heavy (non-hydrogen) atoms. The number of rotatable bonds is 5. The summed E-state index contributed by atoms with van der Waals surface area (Å²) in [5, 5.41) is 0. The minimum absolute atomic E-state index is 0.0949. The fourth-order valence-electron chi connectivity index (χ4n) is 1.87. The predicted octanol–water partition coefficient (Wildman–Crippen LogP) is 2.43. The Kier molecular flexibility index (Phi) is 4.47. The van der Waals surface area contributed by atoms with E-state index in [1.54, 1.807) is 6.20 Å². The minimum atomic E-state index is 0.0949. The van der Waals surface area contributed by atoms with Crippen molar-refractivity contribution in [2.24, 2.45) is 5.73 Å². The number of hydrogen-bond acceptors (Lipinski definition) is 4. The van der Waals surface area contributed by atoms with Crippen LogP contribution in [0.5, 0.6) is 5.75 Å². The molecule has 0 aliphatic heterocycles. The minimum Gasteiger partial charge on any atom is -0.494 e. The fourth-order valence-corrected chi connectivity index (χ4v) is 1.87. The Balaban J connectivity index is 2.28.